The van der Waals surface area contributed by atoms with Crippen LogP contribution in [0.15, 0.2) is 54.7 Å². The summed E-state index contributed by atoms with van der Waals surface area (Å²) in [5.41, 5.74) is 7.56. The molecule has 0 radical (unpaired) electrons. The van der Waals surface area contributed by atoms with Gasteiger partial charge < -0.3 is 10.5 Å². The van der Waals surface area contributed by atoms with E-state index in [9.17, 15) is 4.79 Å². The molecule has 7 heteroatoms. The largest absolute Gasteiger partial charge is 0.487 e. The molecular formula is C17H15ClN4O2. The number of primary amides is 1. The molecule has 0 unspecified atom stereocenters. The number of nitrogens with zero attached hydrogens (tertiary/aromatic N) is 3. The van der Waals surface area contributed by atoms with E-state index in [1.165, 1.54) is 0 Å². The highest BCUT2D eigenvalue weighted by molar-refractivity contribution is 6.30. The number of rotatable bonds is 6. The first-order valence-corrected chi connectivity index (χ1v) is 7.65. The molecule has 0 spiro atoms. The van der Waals surface area contributed by atoms with Gasteiger partial charge in [-0.05, 0) is 42.0 Å². The lowest BCUT2D eigenvalue weighted by Gasteiger charge is -2.05. The summed E-state index contributed by atoms with van der Waals surface area (Å²) in [6.07, 6.45) is 1.97. The summed E-state index contributed by atoms with van der Waals surface area (Å²) in [5, 5.41) is 8.81. The highest BCUT2D eigenvalue weighted by atomic mass is 35.5. The minimum Gasteiger partial charge on any atom is -0.487 e. The second kappa shape index (κ2) is 7.14. The van der Waals surface area contributed by atoms with Gasteiger partial charge in [-0.3, -0.25) is 4.79 Å². The molecule has 0 fully saturated rings. The van der Waals surface area contributed by atoms with Crippen LogP contribution in [0.25, 0.3) is 5.69 Å². The van der Waals surface area contributed by atoms with Crippen LogP contribution in [0, 0.1) is 0 Å². The number of hydrogen-bond donors (Lipinski definition) is 1. The van der Waals surface area contributed by atoms with Crippen LogP contribution in [0.1, 0.15) is 11.3 Å². The van der Waals surface area contributed by atoms with Gasteiger partial charge in [-0.25, -0.2) is 4.68 Å². The van der Waals surface area contributed by atoms with Crippen LogP contribution in [0.2, 0.25) is 5.02 Å². The minimum atomic E-state index is -0.377. The van der Waals surface area contributed by atoms with Gasteiger partial charge in [-0.2, -0.15) is 0 Å². The quantitative estimate of drug-likeness (QED) is 0.746. The first-order chi connectivity index (χ1) is 11.6. The fraction of sp³-hybridized carbons (Fsp3) is 0.118. The topological polar surface area (TPSA) is 83.0 Å². The number of carbonyl (C=O) groups is 1. The molecule has 0 aliphatic rings. The Balaban J connectivity index is 1.65. The van der Waals surface area contributed by atoms with Crippen LogP contribution in [0.3, 0.4) is 0 Å². The Kier molecular flexibility index (Phi) is 4.77. The maximum atomic E-state index is 11.0. The van der Waals surface area contributed by atoms with Gasteiger partial charge in [-0.15, -0.1) is 5.10 Å². The summed E-state index contributed by atoms with van der Waals surface area (Å²) in [6, 6.07) is 14.5. The van der Waals surface area contributed by atoms with Gasteiger partial charge in [0.1, 0.15) is 18.1 Å². The second-order valence-corrected chi connectivity index (χ2v) is 5.65. The van der Waals surface area contributed by atoms with Crippen molar-refractivity contribution in [1.29, 1.82) is 0 Å². The minimum absolute atomic E-state index is 0.184. The third-order valence-electron chi connectivity index (χ3n) is 3.30. The van der Waals surface area contributed by atoms with Gasteiger partial charge in [0, 0.05) is 5.02 Å². The number of hydrogen-bond acceptors (Lipinski definition) is 4. The van der Waals surface area contributed by atoms with Gasteiger partial charge in [0.05, 0.1) is 18.3 Å². The third-order valence-corrected chi connectivity index (χ3v) is 3.55. The molecule has 2 N–H and O–H groups in total. The van der Waals surface area contributed by atoms with Crippen LogP contribution in [-0.4, -0.2) is 20.9 Å². The van der Waals surface area contributed by atoms with Crippen molar-refractivity contribution in [2.24, 2.45) is 5.73 Å². The Morgan fingerprint density at radius 2 is 2.00 bits per heavy atom. The molecule has 3 rings (SSSR count). The molecule has 0 atom stereocenters. The van der Waals surface area contributed by atoms with Crippen molar-refractivity contribution >= 4 is 17.5 Å². The molecule has 1 heterocycles. The molecule has 0 saturated heterocycles. The number of benzene rings is 2. The van der Waals surface area contributed by atoms with Gasteiger partial charge in [-0.1, -0.05) is 28.9 Å². The second-order valence-electron chi connectivity index (χ2n) is 5.21. The zero-order chi connectivity index (χ0) is 16.9. The Bertz CT molecular complexity index is 846. The molecule has 2 aromatic carbocycles. The van der Waals surface area contributed by atoms with E-state index in [1.54, 1.807) is 29.1 Å². The fourth-order valence-electron chi connectivity index (χ4n) is 2.19. The van der Waals surface area contributed by atoms with Crippen molar-refractivity contribution < 1.29 is 9.53 Å². The molecule has 1 aromatic heterocycles. The van der Waals surface area contributed by atoms with Crippen molar-refractivity contribution in [1.82, 2.24) is 15.0 Å². The van der Waals surface area contributed by atoms with Crippen molar-refractivity contribution in [3.05, 3.63) is 71.0 Å². The SMILES string of the molecule is NC(=O)Cc1cccc(OCc2cn(-c3ccc(Cl)cc3)nn2)c1. The molecule has 0 saturated carbocycles. The summed E-state index contributed by atoms with van der Waals surface area (Å²) >= 11 is 5.87. The molecule has 3 aromatic rings. The van der Waals surface area contributed by atoms with E-state index in [4.69, 9.17) is 22.1 Å². The van der Waals surface area contributed by atoms with Crippen LogP contribution in [0.5, 0.6) is 5.75 Å². The average molecular weight is 343 g/mol. The number of halogens is 1. The lowest BCUT2D eigenvalue weighted by atomic mass is 10.1. The first kappa shape index (κ1) is 16.0. The van der Waals surface area contributed by atoms with E-state index in [0.29, 0.717) is 16.5 Å². The summed E-state index contributed by atoms with van der Waals surface area (Å²) < 4.78 is 7.34. The zero-order valence-corrected chi connectivity index (χ0v) is 13.5. The molecule has 122 valence electrons. The number of carbonyl (C=O) groups excluding carboxylic acids is 1. The van der Waals surface area contributed by atoms with Gasteiger partial charge >= 0.3 is 0 Å². The van der Waals surface area contributed by atoms with Gasteiger partial charge in [0.15, 0.2) is 0 Å². The normalized spacial score (nSPS) is 10.5. The number of aromatic nitrogens is 3. The van der Waals surface area contributed by atoms with Crippen LogP contribution < -0.4 is 10.5 Å². The standard InChI is InChI=1S/C17H15ClN4O2/c18-13-4-6-15(7-5-13)22-10-14(20-21-22)11-24-16-3-1-2-12(8-16)9-17(19)23/h1-8,10H,9,11H2,(H2,19,23). The Labute approximate surface area is 143 Å². The molecule has 0 bridgehead atoms. The summed E-state index contributed by atoms with van der Waals surface area (Å²) in [6.45, 7) is 0.271. The molecule has 6 nitrogen and oxygen atoms in total. The van der Waals surface area contributed by atoms with E-state index < -0.39 is 0 Å². The van der Waals surface area contributed by atoms with Crippen LogP contribution in [-0.2, 0) is 17.8 Å². The number of ether oxygens (including phenoxy) is 1. The molecule has 1 amide bonds. The van der Waals surface area contributed by atoms with Crippen molar-refractivity contribution in [2.75, 3.05) is 0 Å². The van der Waals surface area contributed by atoms with E-state index in [1.807, 2.05) is 30.3 Å². The van der Waals surface area contributed by atoms with E-state index in [-0.39, 0.29) is 18.9 Å². The van der Waals surface area contributed by atoms with Crippen molar-refractivity contribution in [3.63, 3.8) is 0 Å². The van der Waals surface area contributed by atoms with Gasteiger partial charge in [0.25, 0.3) is 0 Å². The molecule has 0 aliphatic carbocycles. The highest BCUT2D eigenvalue weighted by Crippen LogP contribution is 2.16. The van der Waals surface area contributed by atoms with E-state index >= 15 is 0 Å². The lowest BCUT2D eigenvalue weighted by Crippen LogP contribution is -2.13. The van der Waals surface area contributed by atoms with Crippen molar-refractivity contribution in [2.45, 2.75) is 13.0 Å². The number of amides is 1. The van der Waals surface area contributed by atoms with E-state index in [2.05, 4.69) is 10.3 Å². The number of nitrogens with two attached hydrogens (primary N) is 1. The van der Waals surface area contributed by atoms with E-state index in [0.717, 1.165) is 11.3 Å². The monoisotopic (exact) mass is 342 g/mol. The Hall–Kier alpha value is -2.86. The smallest absolute Gasteiger partial charge is 0.221 e. The van der Waals surface area contributed by atoms with Crippen molar-refractivity contribution in [3.8, 4) is 11.4 Å². The molecule has 0 aliphatic heterocycles. The zero-order valence-electron chi connectivity index (χ0n) is 12.7. The van der Waals surface area contributed by atoms with Crippen LogP contribution in [0.4, 0.5) is 0 Å². The fourth-order valence-corrected chi connectivity index (χ4v) is 2.31. The third kappa shape index (κ3) is 4.11. The lowest BCUT2D eigenvalue weighted by molar-refractivity contribution is -0.117. The highest BCUT2D eigenvalue weighted by Gasteiger charge is 2.05. The predicted octanol–water partition coefficient (Wildman–Crippen LogP) is 2.53. The Morgan fingerprint density at radius 1 is 1.21 bits per heavy atom. The summed E-state index contributed by atoms with van der Waals surface area (Å²) in [4.78, 5) is 11.0. The predicted molar refractivity (Wildman–Crippen MR) is 90.0 cm³/mol. The van der Waals surface area contributed by atoms with Gasteiger partial charge in [0.2, 0.25) is 5.91 Å². The maximum Gasteiger partial charge on any atom is 0.221 e. The summed E-state index contributed by atoms with van der Waals surface area (Å²) in [7, 11) is 0. The maximum absolute atomic E-state index is 11.0. The van der Waals surface area contributed by atoms with Crippen LogP contribution >= 0.6 is 11.6 Å². The average Bonchev–Trinajstić information content (AvgIpc) is 3.02. The molecular weight excluding hydrogens is 328 g/mol. The Morgan fingerprint density at radius 3 is 2.75 bits per heavy atom. The first-order valence-electron chi connectivity index (χ1n) is 7.27. The summed E-state index contributed by atoms with van der Waals surface area (Å²) in [5.74, 6) is 0.271. The molecule has 24 heavy (non-hydrogen) atoms.